The van der Waals surface area contributed by atoms with Crippen molar-refractivity contribution in [3.63, 3.8) is 0 Å². The molecular formula is C13H15N3OS. The highest BCUT2D eigenvalue weighted by Gasteiger charge is 2.01. The molecule has 0 amide bonds. The van der Waals surface area contributed by atoms with Gasteiger partial charge in [-0.1, -0.05) is 30.8 Å². The quantitative estimate of drug-likeness (QED) is 0.503. The van der Waals surface area contributed by atoms with E-state index < -0.39 is 0 Å². The molecule has 0 unspecified atom stereocenters. The summed E-state index contributed by atoms with van der Waals surface area (Å²) < 4.78 is 0. The molecule has 0 fully saturated rings. The third-order valence-electron chi connectivity index (χ3n) is 2.49. The Morgan fingerprint density at radius 1 is 1.33 bits per heavy atom. The van der Waals surface area contributed by atoms with E-state index in [1.807, 2.05) is 31.2 Å². The maximum Gasteiger partial charge on any atom is 0.251 e. The summed E-state index contributed by atoms with van der Waals surface area (Å²) in [7, 11) is 0. The van der Waals surface area contributed by atoms with E-state index in [0.717, 1.165) is 29.1 Å². The lowest BCUT2D eigenvalue weighted by Gasteiger charge is -2.03. The Labute approximate surface area is 110 Å². The van der Waals surface area contributed by atoms with Crippen LogP contribution in [0.2, 0.25) is 0 Å². The average Bonchev–Trinajstić information content (AvgIpc) is 2.37. The van der Waals surface area contributed by atoms with E-state index in [2.05, 4.69) is 9.97 Å². The van der Waals surface area contributed by atoms with Crippen LogP contribution in [0.5, 0.6) is 0 Å². The second-order valence-electron chi connectivity index (χ2n) is 3.93. The number of hydrogen-bond donors (Lipinski definition) is 2. The first-order valence-corrected chi connectivity index (χ1v) is 6.73. The smallest absolute Gasteiger partial charge is 0.251 e. The third kappa shape index (κ3) is 3.37. The number of benzene rings is 1. The number of hydrogen-bond acceptors (Lipinski definition) is 4. The van der Waals surface area contributed by atoms with Gasteiger partial charge in [-0.25, -0.2) is 4.98 Å². The molecule has 0 saturated carbocycles. The fraction of sp³-hybridized carbons (Fsp3) is 0.231. The van der Waals surface area contributed by atoms with Gasteiger partial charge >= 0.3 is 0 Å². The molecular weight excluding hydrogens is 246 g/mol. The van der Waals surface area contributed by atoms with E-state index in [0.29, 0.717) is 5.16 Å². The summed E-state index contributed by atoms with van der Waals surface area (Å²) in [6, 6.07) is 9.23. The Bertz CT molecular complexity index is 578. The molecule has 0 spiro atoms. The third-order valence-corrected chi connectivity index (χ3v) is 3.43. The second kappa shape index (κ2) is 5.73. The highest BCUT2D eigenvalue weighted by Crippen LogP contribution is 2.19. The summed E-state index contributed by atoms with van der Waals surface area (Å²) in [6.07, 6.45) is 0.763. The van der Waals surface area contributed by atoms with Crippen molar-refractivity contribution in [1.82, 2.24) is 9.97 Å². The molecule has 94 valence electrons. The van der Waals surface area contributed by atoms with Crippen LogP contribution in [-0.2, 0) is 12.2 Å². The van der Waals surface area contributed by atoms with Gasteiger partial charge in [-0.3, -0.25) is 4.79 Å². The van der Waals surface area contributed by atoms with Gasteiger partial charge in [-0.2, -0.15) is 0 Å². The number of nitrogens with one attached hydrogen (secondary N) is 1. The molecule has 0 aliphatic rings. The lowest BCUT2D eigenvalue weighted by Crippen LogP contribution is -2.09. The van der Waals surface area contributed by atoms with Crippen LogP contribution < -0.4 is 11.3 Å². The van der Waals surface area contributed by atoms with Gasteiger partial charge in [0.2, 0.25) is 0 Å². The molecule has 18 heavy (non-hydrogen) atoms. The van der Waals surface area contributed by atoms with Gasteiger partial charge in [0, 0.05) is 23.2 Å². The van der Waals surface area contributed by atoms with Crippen LogP contribution in [0.4, 0.5) is 5.69 Å². The van der Waals surface area contributed by atoms with Crippen molar-refractivity contribution in [2.75, 3.05) is 5.73 Å². The number of aromatic nitrogens is 2. The minimum atomic E-state index is -0.0957. The van der Waals surface area contributed by atoms with Crippen LogP contribution in [0.3, 0.4) is 0 Å². The van der Waals surface area contributed by atoms with E-state index in [9.17, 15) is 4.79 Å². The minimum Gasteiger partial charge on any atom is -0.399 e. The van der Waals surface area contributed by atoms with E-state index in [-0.39, 0.29) is 5.56 Å². The molecule has 1 heterocycles. The number of nitrogens with zero attached hydrogens (tertiary/aromatic N) is 1. The first-order valence-electron chi connectivity index (χ1n) is 5.75. The molecule has 1 aromatic carbocycles. The molecule has 0 aliphatic carbocycles. The number of anilines is 1. The van der Waals surface area contributed by atoms with Crippen molar-refractivity contribution in [2.45, 2.75) is 24.3 Å². The van der Waals surface area contributed by atoms with Crippen LogP contribution in [0.15, 0.2) is 40.3 Å². The summed E-state index contributed by atoms with van der Waals surface area (Å²) >= 11 is 1.52. The average molecular weight is 261 g/mol. The van der Waals surface area contributed by atoms with Gasteiger partial charge in [-0.15, -0.1) is 0 Å². The van der Waals surface area contributed by atoms with Crippen molar-refractivity contribution in [2.24, 2.45) is 0 Å². The Balaban J connectivity index is 2.08. The van der Waals surface area contributed by atoms with Crippen LogP contribution in [-0.4, -0.2) is 9.97 Å². The molecule has 0 atom stereocenters. The Hall–Kier alpha value is -1.75. The van der Waals surface area contributed by atoms with E-state index >= 15 is 0 Å². The molecule has 5 heteroatoms. The summed E-state index contributed by atoms with van der Waals surface area (Å²) in [6.45, 7) is 1.98. The lowest BCUT2D eigenvalue weighted by molar-refractivity contribution is 0.868. The highest BCUT2D eigenvalue weighted by atomic mass is 32.2. The summed E-state index contributed by atoms with van der Waals surface area (Å²) in [5.74, 6) is 0.760. The van der Waals surface area contributed by atoms with Gasteiger partial charge in [0.1, 0.15) is 0 Å². The van der Waals surface area contributed by atoms with E-state index in [4.69, 9.17) is 5.73 Å². The Kier molecular flexibility index (Phi) is 4.04. The first kappa shape index (κ1) is 12.7. The zero-order chi connectivity index (χ0) is 13.0. The molecule has 0 bridgehead atoms. The van der Waals surface area contributed by atoms with Gasteiger partial charge in [0.15, 0.2) is 5.16 Å². The number of H-pyrrole nitrogens is 1. The standard InChI is InChI=1S/C13H15N3OS/c1-2-11-7-12(17)16-13(15-11)18-8-9-3-5-10(14)6-4-9/h3-7H,2,8,14H2,1H3,(H,15,16,17). The normalized spacial score (nSPS) is 10.5. The Morgan fingerprint density at radius 2 is 2.06 bits per heavy atom. The zero-order valence-corrected chi connectivity index (χ0v) is 11.0. The molecule has 2 aromatic rings. The molecule has 0 aliphatic heterocycles. The van der Waals surface area contributed by atoms with Crippen molar-refractivity contribution >= 4 is 17.4 Å². The topological polar surface area (TPSA) is 71.8 Å². The fourth-order valence-electron chi connectivity index (χ4n) is 1.50. The fourth-order valence-corrected chi connectivity index (χ4v) is 2.35. The SMILES string of the molecule is CCc1cc(=O)[nH]c(SCc2ccc(N)cc2)n1. The minimum absolute atomic E-state index is 0.0957. The number of aromatic amines is 1. The maximum atomic E-state index is 11.4. The predicted molar refractivity (Wildman–Crippen MR) is 74.7 cm³/mol. The van der Waals surface area contributed by atoms with E-state index in [1.165, 1.54) is 17.8 Å². The van der Waals surface area contributed by atoms with Crippen molar-refractivity contribution in [3.05, 3.63) is 51.9 Å². The number of rotatable bonds is 4. The number of aryl methyl sites for hydroxylation is 1. The van der Waals surface area contributed by atoms with Crippen LogP contribution >= 0.6 is 11.8 Å². The van der Waals surface area contributed by atoms with Gasteiger partial charge in [-0.05, 0) is 24.1 Å². The van der Waals surface area contributed by atoms with Crippen molar-refractivity contribution < 1.29 is 0 Å². The van der Waals surface area contributed by atoms with Crippen LogP contribution in [0, 0.1) is 0 Å². The van der Waals surface area contributed by atoms with Gasteiger partial charge in [0.25, 0.3) is 5.56 Å². The second-order valence-corrected chi connectivity index (χ2v) is 4.89. The van der Waals surface area contributed by atoms with E-state index in [1.54, 1.807) is 0 Å². The largest absolute Gasteiger partial charge is 0.399 e. The lowest BCUT2D eigenvalue weighted by atomic mass is 10.2. The van der Waals surface area contributed by atoms with Crippen molar-refractivity contribution in [3.8, 4) is 0 Å². The molecule has 1 aromatic heterocycles. The van der Waals surface area contributed by atoms with Crippen LogP contribution in [0.1, 0.15) is 18.2 Å². The molecule has 0 saturated heterocycles. The first-order chi connectivity index (χ1) is 8.67. The zero-order valence-electron chi connectivity index (χ0n) is 10.1. The highest BCUT2D eigenvalue weighted by molar-refractivity contribution is 7.98. The van der Waals surface area contributed by atoms with Gasteiger partial charge < -0.3 is 10.7 Å². The van der Waals surface area contributed by atoms with Crippen molar-refractivity contribution in [1.29, 1.82) is 0 Å². The predicted octanol–water partition coefficient (Wildman–Crippen LogP) is 2.21. The van der Waals surface area contributed by atoms with Gasteiger partial charge in [0.05, 0.1) is 0 Å². The molecule has 3 N–H and O–H groups in total. The van der Waals surface area contributed by atoms with Crippen LogP contribution in [0.25, 0.3) is 0 Å². The molecule has 2 rings (SSSR count). The summed E-state index contributed by atoms with van der Waals surface area (Å²) in [5.41, 5.74) is 8.25. The molecule has 0 radical (unpaired) electrons. The molecule has 4 nitrogen and oxygen atoms in total. The number of nitrogen functional groups attached to an aromatic ring is 1. The Morgan fingerprint density at radius 3 is 2.72 bits per heavy atom. The summed E-state index contributed by atoms with van der Waals surface area (Å²) in [4.78, 5) is 18.5. The monoisotopic (exact) mass is 261 g/mol. The number of nitrogens with two attached hydrogens (primary N) is 1. The summed E-state index contributed by atoms with van der Waals surface area (Å²) in [5, 5.41) is 0.663. The maximum absolute atomic E-state index is 11.4. The number of thioether (sulfide) groups is 1.